The molecule has 1 aromatic heterocycles. The molecule has 4 rings (SSSR count). The van der Waals surface area contributed by atoms with Crippen LogP contribution in [0.3, 0.4) is 0 Å². The lowest BCUT2D eigenvalue weighted by molar-refractivity contribution is -0.150. The molecule has 0 aliphatic heterocycles. The molecular formula is C26H22F3NO4S. The number of fused-ring (bicyclic) bond motifs is 1. The van der Waals surface area contributed by atoms with Crippen LogP contribution in [-0.4, -0.2) is 23.7 Å². The van der Waals surface area contributed by atoms with Crippen LogP contribution in [0.1, 0.15) is 25.0 Å². The number of hydrogen-bond donors (Lipinski definition) is 0. The highest BCUT2D eigenvalue weighted by Crippen LogP contribution is 2.33. The van der Waals surface area contributed by atoms with Gasteiger partial charge in [0.15, 0.2) is 11.7 Å². The SMILES string of the molecule is CCOC(=O)C(C)Oc1ccc(SCc2cccc3nc(-c4ccc(C(F)(F)F)cc4)oc23)cc1. The van der Waals surface area contributed by atoms with Gasteiger partial charge in [0.1, 0.15) is 11.3 Å². The first-order valence-electron chi connectivity index (χ1n) is 10.9. The number of hydrogen-bond acceptors (Lipinski definition) is 6. The van der Waals surface area contributed by atoms with E-state index in [1.165, 1.54) is 12.1 Å². The van der Waals surface area contributed by atoms with Crippen LogP contribution in [0.25, 0.3) is 22.6 Å². The minimum atomic E-state index is -4.40. The summed E-state index contributed by atoms with van der Waals surface area (Å²) in [6, 6.07) is 17.7. The third-order valence-corrected chi connectivity index (χ3v) is 6.17. The first-order chi connectivity index (χ1) is 16.7. The lowest BCUT2D eigenvalue weighted by Gasteiger charge is -2.13. The van der Waals surface area contributed by atoms with Crippen LogP contribution in [0.5, 0.6) is 5.75 Å². The van der Waals surface area contributed by atoms with E-state index >= 15 is 0 Å². The fourth-order valence-corrected chi connectivity index (χ4v) is 4.21. The van der Waals surface area contributed by atoms with Crippen LogP contribution in [-0.2, 0) is 21.5 Å². The molecule has 1 heterocycles. The van der Waals surface area contributed by atoms with Gasteiger partial charge >= 0.3 is 12.1 Å². The number of esters is 1. The molecule has 0 amide bonds. The van der Waals surface area contributed by atoms with Gasteiger partial charge in [0, 0.05) is 21.8 Å². The highest BCUT2D eigenvalue weighted by molar-refractivity contribution is 7.98. The second-order valence-corrected chi connectivity index (χ2v) is 8.68. The van der Waals surface area contributed by atoms with Crippen molar-refractivity contribution < 1.29 is 31.9 Å². The van der Waals surface area contributed by atoms with Crippen molar-refractivity contribution in [1.29, 1.82) is 0 Å². The van der Waals surface area contributed by atoms with Crippen LogP contribution in [0.4, 0.5) is 13.2 Å². The van der Waals surface area contributed by atoms with Crippen LogP contribution >= 0.6 is 11.8 Å². The topological polar surface area (TPSA) is 61.6 Å². The van der Waals surface area contributed by atoms with E-state index < -0.39 is 23.8 Å². The Morgan fingerprint density at radius 2 is 1.77 bits per heavy atom. The summed E-state index contributed by atoms with van der Waals surface area (Å²) < 4.78 is 55.0. The van der Waals surface area contributed by atoms with Gasteiger partial charge in [0.2, 0.25) is 5.89 Å². The molecule has 3 aromatic carbocycles. The zero-order valence-electron chi connectivity index (χ0n) is 19.0. The van der Waals surface area contributed by atoms with E-state index in [1.54, 1.807) is 43.8 Å². The average Bonchev–Trinajstić information content (AvgIpc) is 3.28. The minimum Gasteiger partial charge on any atom is -0.479 e. The molecule has 4 aromatic rings. The zero-order chi connectivity index (χ0) is 25.0. The summed E-state index contributed by atoms with van der Waals surface area (Å²) in [6.45, 7) is 3.68. The van der Waals surface area contributed by atoms with Gasteiger partial charge in [-0.05, 0) is 68.4 Å². The van der Waals surface area contributed by atoms with E-state index in [0.29, 0.717) is 34.8 Å². The molecule has 9 heteroatoms. The largest absolute Gasteiger partial charge is 0.479 e. The van der Waals surface area contributed by atoms with Gasteiger partial charge in [-0.15, -0.1) is 11.8 Å². The highest BCUT2D eigenvalue weighted by atomic mass is 32.2. The number of oxazole rings is 1. The number of para-hydroxylation sites is 1. The summed E-state index contributed by atoms with van der Waals surface area (Å²) in [7, 11) is 0. The summed E-state index contributed by atoms with van der Waals surface area (Å²) in [5.41, 5.74) is 1.89. The standard InChI is InChI=1S/C26H22F3NO4S/c1-3-32-25(31)16(2)33-20-11-13-21(14-12-20)35-15-18-5-4-6-22-23(18)34-24(30-22)17-7-9-19(10-8-17)26(27,28)29/h4-14,16H,3,15H2,1-2H3. The Labute approximate surface area is 204 Å². The molecular weight excluding hydrogens is 479 g/mol. The Morgan fingerprint density at radius 1 is 1.06 bits per heavy atom. The van der Waals surface area contributed by atoms with Crippen molar-refractivity contribution in [1.82, 2.24) is 4.98 Å². The Morgan fingerprint density at radius 3 is 2.43 bits per heavy atom. The Bertz CT molecular complexity index is 1300. The summed E-state index contributed by atoms with van der Waals surface area (Å²) in [6.07, 6.45) is -5.09. The van der Waals surface area contributed by atoms with E-state index in [2.05, 4.69) is 4.98 Å². The Hall–Kier alpha value is -3.46. The first-order valence-corrected chi connectivity index (χ1v) is 11.9. The maximum atomic E-state index is 12.8. The monoisotopic (exact) mass is 501 g/mol. The van der Waals surface area contributed by atoms with E-state index in [-0.39, 0.29) is 5.89 Å². The molecule has 0 aliphatic carbocycles. The average molecular weight is 502 g/mol. The molecule has 0 aliphatic rings. The Kier molecular flexibility index (Phi) is 7.35. The second kappa shape index (κ2) is 10.4. The van der Waals surface area contributed by atoms with E-state index in [9.17, 15) is 18.0 Å². The number of rotatable bonds is 8. The van der Waals surface area contributed by atoms with Gasteiger partial charge in [-0.3, -0.25) is 0 Å². The molecule has 0 saturated heterocycles. The van der Waals surface area contributed by atoms with Crippen LogP contribution in [0.15, 0.2) is 76.0 Å². The maximum absolute atomic E-state index is 12.8. The van der Waals surface area contributed by atoms with Crippen molar-refractivity contribution in [3.05, 3.63) is 77.9 Å². The molecule has 182 valence electrons. The number of ether oxygens (including phenoxy) is 2. The third-order valence-electron chi connectivity index (χ3n) is 5.11. The zero-order valence-corrected chi connectivity index (χ0v) is 19.8. The lowest BCUT2D eigenvalue weighted by atomic mass is 10.1. The highest BCUT2D eigenvalue weighted by Gasteiger charge is 2.30. The lowest BCUT2D eigenvalue weighted by Crippen LogP contribution is -2.25. The summed E-state index contributed by atoms with van der Waals surface area (Å²) in [5, 5.41) is 0. The number of halogens is 3. The predicted molar refractivity (Wildman–Crippen MR) is 127 cm³/mol. The molecule has 0 radical (unpaired) electrons. The number of benzene rings is 3. The maximum Gasteiger partial charge on any atom is 0.416 e. The van der Waals surface area contributed by atoms with E-state index in [1.807, 2.05) is 24.3 Å². The quantitative estimate of drug-likeness (QED) is 0.189. The normalized spacial score (nSPS) is 12.5. The number of carbonyl (C=O) groups excluding carboxylic acids is 1. The van der Waals surface area contributed by atoms with Gasteiger partial charge < -0.3 is 13.9 Å². The summed E-state index contributed by atoms with van der Waals surface area (Å²) in [4.78, 5) is 17.1. The van der Waals surface area contributed by atoms with Crippen LogP contribution in [0.2, 0.25) is 0 Å². The van der Waals surface area contributed by atoms with Gasteiger partial charge in [-0.1, -0.05) is 12.1 Å². The predicted octanol–water partition coefficient (Wildman–Crippen LogP) is 7.14. The first kappa shape index (κ1) is 24.7. The molecule has 0 fully saturated rings. The fourth-order valence-electron chi connectivity index (χ4n) is 3.33. The third kappa shape index (κ3) is 5.97. The number of carbonyl (C=O) groups is 1. The van der Waals surface area contributed by atoms with Crippen molar-refractivity contribution in [2.45, 2.75) is 36.8 Å². The van der Waals surface area contributed by atoms with Crippen molar-refractivity contribution in [2.24, 2.45) is 0 Å². The van der Waals surface area contributed by atoms with Gasteiger partial charge in [-0.2, -0.15) is 13.2 Å². The number of thioether (sulfide) groups is 1. The molecule has 35 heavy (non-hydrogen) atoms. The summed E-state index contributed by atoms with van der Waals surface area (Å²) >= 11 is 1.58. The molecule has 5 nitrogen and oxygen atoms in total. The molecule has 0 N–H and O–H groups in total. The van der Waals surface area contributed by atoms with E-state index in [0.717, 1.165) is 22.6 Å². The van der Waals surface area contributed by atoms with Crippen LogP contribution in [0, 0.1) is 0 Å². The minimum absolute atomic E-state index is 0.267. The number of alkyl halides is 3. The van der Waals surface area contributed by atoms with Crippen molar-refractivity contribution in [3.63, 3.8) is 0 Å². The number of aromatic nitrogens is 1. The van der Waals surface area contributed by atoms with Gasteiger partial charge in [-0.25, -0.2) is 9.78 Å². The van der Waals surface area contributed by atoms with Crippen LogP contribution < -0.4 is 4.74 Å². The van der Waals surface area contributed by atoms with Crippen molar-refractivity contribution in [2.75, 3.05) is 6.61 Å². The molecule has 1 unspecified atom stereocenters. The Balaban J connectivity index is 1.44. The fraction of sp³-hybridized carbons (Fsp3) is 0.231. The molecule has 1 atom stereocenters. The van der Waals surface area contributed by atoms with Gasteiger partial charge in [0.25, 0.3) is 0 Å². The molecule has 0 spiro atoms. The smallest absolute Gasteiger partial charge is 0.416 e. The summed E-state index contributed by atoms with van der Waals surface area (Å²) in [5.74, 6) is 1.01. The van der Waals surface area contributed by atoms with E-state index in [4.69, 9.17) is 13.9 Å². The number of nitrogens with zero attached hydrogens (tertiary/aromatic N) is 1. The van der Waals surface area contributed by atoms with Crippen molar-refractivity contribution in [3.8, 4) is 17.2 Å². The van der Waals surface area contributed by atoms with Gasteiger partial charge in [0.05, 0.1) is 12.2 Å². The molecule has 0 bridgehead atoms. The van der Waals surface area contributed by atoms with Crippen molar-refractivity contribution >= 4 is 28.8 Å². The second-order valence-electron chi connectivity index (χ2n) is 7.63. The molecule has 0 saturated carbocycles.